The van der Waals surface area contributed by atoms with Gasteiger partial charge in [-0.25, -0.2) is 0 Å². The molecule has 0 aromatic heterocycles. The highest BCUT2D eigenvalue weighted by Crippen LogP contribution is 2.66. The van der Waals surface area contributed by atoms with E-state index in [4.69, 9.17) is 4.74 Å². The summed E-state index contributed by atoms with van der Waals surface area (Å²) in [5, 5.41) is 10.7. The zero-order valence-corrected chi connectivity index (χ0v) is 20.5. The molecule has 0 heterocycles. The van der Waals surface area contributed by atoms with Gasteiger partial charge in [0.15, 0.2) is 0 Å². The van der Waals surface area contributed by atoms with Crippen LogP contribution in [0.3, 0.4) is 0 Å². The molecule has 0 aliphatic heterocycles. The third-order valence-corrected chi connectivity index (χ3v) is 9.85. The largest absolute Gasteiger partial charge is 0.393 e. The van der Waals surface area contributed by atoms with Crippen molar-refractivity contribution in [2.45, 2.75) is 106 Å². The third-order valence-electron chi connectivity index (χ3n) is 9.85. The first-order chi connectivity index (χ1) is 14.0. The number of hydrogen-bond acceptors (Lipinski definition) is 2. The SMILES string of the molecule is CC(C)=CCO[C@@H](C)[C@H]1CC=C2C3=C(CC[C@@]21C)[C@@]1(C)CC[C@H](O)C(C)(C)[C@@H]1CC3. The summed E-state index contributed by atoms with van der Waals surface area (Å²) < 4.78 is 6.28. The summed E-state index contributed by atoms with van der Waals surface area (Å²) in [4.78, 5) is 0. The molecule has 0 unspecified atom stereocenters. The van der Waals surface area contributed by atoms with E-state index >= 15 is 0 Å². The molecule has 0 bridgehead atoms. The summed E-state index contributed by atoms with van der Waals surface area (Å²) in [6, 6.07) is 0. The fourth-order valence-electron chi connectivity index (χ4n) is 7.91. The Hall–Kier alpha value is -0.860. The van der Waals surface area contributed by atoms with Gasteiger partial charge in [0.25, 0.3) is 0 Å². The summed E-state index contributed by atoms with van der Waals surface area (Å²) in [6.07, 6.45) is 13.1. The molecule has 0 aromatic rings. The van der Waals surface area contributed by atoms with Crippen LogP contribution in [0.15, 0.2) is 34.4 Å². The summed E-state index contributed by atoms with van der Waals surface area (Å²) in [6.45, 7) is 17.0. The number of aliphatic hydroxyl groups is 1. The van der Waals surface area contributed by atoms with Crippen LogP contribution in [0.4, 0.5) is 0 Å². The summed E-state index contributed by atoms with van der Waals surface area (Å²) in [5.41, 5.74) is 6.99. The van der Waals surface area contributed by atoms with Gasteiger partial charge in [-0.1, -0.05) is 51.0 Å². The maximum absolute atomic E-state index is 10.7. The lowest BCUT2D eigenvalue weighted by Crippen LogP contribution is -2.53. The van der Waals surface area contributed by atoms with Gasteiger partial charge in [0, 0.05) is 0 Å². The molecule has 0 spiro atoms. The highest BCUT2D eigenvalue weighted by atomic mass is 16.5. The lowest BCUT2D eigenvalue weighted by atomic mass is 9.46. The second-order valence-electron chi connectivity index (χ2n) is 12.0. The van der Waals surface area contributed by atoms with Crippen LogP contribution < -0.4 is 0 Å². The lowest BCUT2D eigenvalue weighted by molar-refractivity contribution is -0.0909. The van der Waals surface area contributed by atoms with Gasteiger partial charge < -0.3 is 9.84 Å². The summed E-state index contributed by atoms with van der Waals surface area (Å²) in [5.74, 6) is 1.18. The predicted molar refractivity (Wildman–Crippen MR) is 125 cm³/mol. The van der Waals surface area contributed by atoms with Crippen molar-refractivity contribution < 1.29 is 9.84 Å². The zero-order valence-electron chi connectivity index (χ0n) is 20.5. The molecule has 0 radical (unpaired) electrons. The molecular weight excluding hydrogens is 368 g/mol. The molecule has 2 heteroatoms. The maximum atomic E-state index is 10.7. The van der Waals surface area contributed by atoms with Crippen LogP contribution in [0.25, 0.3) is 0 Å². The number of rotatable bonds is 4. The van der Waals surface area contributed by atoms with Crippen molar-refractivity contribution in [3.8, 4) is 0 Å². The molecule has 4 aliphatic carbocycles. The zero-order chi connectivity index (χ0) is 21.9. The van der Waals surface area contributed by atoms with Crippen LogP contribution in [0.5, 0.6) is 0 Å². The molecule has 30 heavy (non-hydrogen) atoms. The number of hydrogen-bond donors (Lipinski definition) is 1. The Morgan fingerprint density at radius 3 is 2.57 bits per heavy atom. The van der Waals surface area contributed by atoms with Crippen molar-refractivity contribution >= 4 is 0 Å². The Kier molecular flexibility index (Phi) is 5.68. The molecule has 4 rings (SSSR count). The van der Waals surface area contributed by atoms with Gasteiger partial charge in [-0.3, -0.25) is 0 Å². The minimum absolute atomic E-state index is 0.0200. The Bertz CT molecular complexity index is 780. The van der Waals surface area contributed by atoms with Crippen LogP contribution >= 0.6 is 0 Å². The standard InChI is InChI=1S/C28H44O2/c1-18(2)14-17-30-19(3)21-9-10-22-20-8-11-24-26(4,5)25(29)13-16-28(24,7)23(20)12-15-27(21,22)6/h10,14,19,21,24-25,29H,8-9,11-13,15-17H2,1-7H3/t19-,21+,24-,25-,27+,28+/m0/s1. The Labute approximate surface area is 184 Å². The highest BCUT2D eigenvalue weighted by Gasteiger charge is 2.57. The molecule has 1 fully saturated rings. The maximum Gasteiger partial charge on any atom is 0.0653 e. The van der Waals surface area contributed by atoms with E-state index in [1.54, 1.807) is 16.7 Å². The van der Waals surface area contributed by atoms with Crippen molar-refractivity contribution in [1.29, 1.82) is 0 Å². The molecule has 4 aliphatic rings. The Balaban J connectivity index is 1.60. The minimum atomic E-state index is -0.152. The molecule has 2 nitrogen and oxygen atoms in total. The second kappa shape index (κ2) is 7.62. The monoisotopic (exact) mass is 412 g/mol. The van der Waals surface area contributed by atoms with Crippen LogP contribution in [-0.4, -0.2) is 23.9 Å². The van der Waals surface area contributed by atoms with Crippen LogP contribution in [0, 0.1) is 28.1 Å². The first kappa shape index (κ1) is 22.3. The fourth-order valence-corrected chi connectivity index (χ4v) is 7.91. The Morgan fingerprint density at radius 2 is 1.87 bits per heavy atom. The number of fused-ring (bicyclic) bond motifs is 4. The average Bonchev–Trinajstić information content (AvgIpc) is 3.02. The quantitative estimate of drug-likeness (QED) is 0.504. The van der Waals surface area contributed by atoms with Gasteiger partial charge in [0.1, 0.15) is 0 Å². The van der Waals surface area contributed by atoms with E-state index in [9.17, 15) is 5.11 Å². The van der Waals surface area contributed by atoms with Gasteiger partial charge in [-0.05, 0) is 105 Å². The fraction of sp³-hybridized carbons (Fsp3) is 0.786. The van der Waals surface area contributed by atoms with E-state index in [0.29, 0.717) is 11.8 Å². The van der Waals surface area contributed by atoms with E-state index < -0.39 is 0 Å². The van der Waals surface area contributed by atoms with Crippen molar-refractivity contribution in [2.24, 2.45) is 28.1 Å². The van der Waals surface area contributed by atoms with E-state index in [2.05, 4.69) is 60.6 Å². The second-order valence-corrected chi connectivity index (χ2v) is 12.0. The van der Waals surface area contributed by atoms with Crippen molar-refractivity contribution in [3.63, 3.8) is 0 Å². The van der Waals surface area contributed by atoms with Crippen LogP contribution in [0.1, 0.15) is 93.4 Å². The molecule has 0 saturated heterocycles. The number of ether oxygens (including phenoxy) is 1. The lowest BCUT2D eigenvalue weighted by Gasteiger charge is -2.59. The first-order valence-corrected chi connectivity index (χ1v) is 12.4. The van der Waals surface area contributed by atoms with Gasteiger partial charge in [0.05, 0.1) is 18.8 Å². The smallest absolute Gasteiger partial charge is 0.0653 e. The first-order valence-electron chi connectivity index (χ1n) is 12.4. The molecule has 6 atom stereocenters. The van der Waals surface area contributed by atoms with Gasteiger partial charge >= 0.3 is 0 Å². The van der Waals surface area contributed by atoms with Crippen LogP contribution in [0.2, 0.25) is 0 Å². The third kappa shape index (κ3) is 3.28. The molecule has 0 amide bonds. The average molecular weight is 413 g/mol. The molecular formula is C28H44O2. The van der Waals surface area contributed by atoms with Gasteiger partial charge in [0.2, 0.25) is 0 Å². The van der Waals surface area contributed by atoms with E-state index in [-0.39, 0.29) is 28.5 Å². The van der Waals surface area contributed by atoms with E-state index in [1.165, 1.54) is 31.3 Å². The normalized spacial score (nSPS) is 40.8. The van der Waals surface area contributed by atoms with Crippen LogP contribution in [-0.2, 0) is 4.74 Å². The minimum Gasteiger partial charge on any atom is -0.393 e. The van der Waals surface area contributed by atoms with E-state index in [0.717, 1.165) is 25.9 Å². The van der Waals surface area contributed by atoms with Crippen molar-refractivity contribution in [3.05, 3.63) is 34.4 Å². The summed E-state index contributed by atoms with van der Waals surface area (Å²) in [7, 11) is 0. The Morgan fingerprint density at radius 1 is 1.13 bits per heavy atom. The number of aliphatic hydroxyl groups excluding tert-OH is 1. The molecule has 0 aromatic carbocycles. The topological polar surface area (TPSA) is 29.5 Å². The predicted octanol–water partition coefficient (Wildman–Crippen LogP) is 7.00. The summed E-state index contributed by atoms with van der Waals surface area (Å²) >= 11 is 0. The number of allylic oxidation sites excluding steroid dienone is 5. The molecule has 168 valence electrons. The van der Waals surface area contributed by atoms with Crippen molar-refractivity contribution in [1.82, 2.24) is 0 Å². The van der Waals surface area contributed by atoms with Crippen molar-refractivity contribution in [2.75, 3.05) is 6.61 Å². The molecule has 1 saturated carbocycles. The van der Waals surface area contributed by atoms with Gasteiger partial charge in [-0.15, -0.1) is 0 Å². The van der Waals surface area contributed by atoms with Gasteiger partial charge in [-0.2, -0.15) is 0 Å². The molecule has 1 N–H and O–H groups in total. The highest BCUT2D eigenvalue weighted by molar-refractivity contribution is 5.50. The van der Waals surface area contributed by atoms with E-state index in [1.807, 2.05) is 0 Å².